The van der Waals surface area contributed by atoms with Gasteiger partial charge in [0.15, 0.2) is 0 Å². The third-order valence-electron chi connectivity index (χ3n) is 1.32. The summed E-state index contributed by atoms with van der Waals surface area (Å²) in [6.45, 7) is 0. The summed E-state index contributed by atoms with van der Waals surface area (Å²) in [7, 11) is 1.34. The molecule has 3 nitrogen and oxygen atoms in total. The first kappa shape index (κ1) is 10.0. The van der Waals surface area contributed by atoms with Crippen molar-refractivity contribution in [1.82, 2.24) is 0 Å². The number of ether oxygens (including phenoxy) is 1. The Morgan fingerprint density at radius 3 is 3.08 bits per heavy atom. The molecular formula is C8H7NO2S2. The van der Waals surface area contributed by atoms with Gasteiger partial charge in [-0.05, 0) is 0 Å². The number of rotatable bonds is 3. The highest BCUT2D eigenvalue weighted by atomic mass is 32.1. The molecule has 0 N–H and O–H groups in total. The van der Waals surface area contributed by atoms with Crippen LogP contribution in [-0.4, -0.2) is 24.7 Å². The molecule has 1 heterocycles. The van der Waals surface area contributed by atoms with Crippen molar-refractivity contribution >= 4 is 46.8 Å². The van der Waals surface area contributed by atoms with E-state index in [1.54, 1.807) is 10.8 Å². The van der Waals surface area contributed by atoms with Gasteiger partial charge in [-0.25, -0.2) is 4.79 Å². The van der Waals surface area contributed by atoms with E-state index in [9.17, 15) is 4.79 Å². The van der Waals surface area contributed by atoms with E-state index in [0.717, 1.165) is 0 Å². The van der Waals surface area contributed by atoms with Crippen molar-refractivity contribution in [3.05, 3.63) is 16.3 Å². The SMILES string of the molecule is COC(=O)c1cscc1N=CC=S. The van der Waals surface area contributed by atoms with Gasteiger partial charge in [0, 0.05) is 22.3 Å². The molecule has 0 aromatic carbocycles. The predicted octanol–water partition coefficient (Wildman–Crippen LogP) is 2.24. The van der Waals surface area contributed by atoms with E-state index in [4.69, 9.17) is 0 Å². The number of aliphatic imine (C=N–C) groups is 1. The minimum absolute atomic E-state index is 0.377. The maximum Gasteiger partial charge on any atom is 0.340 e. The lowest BCUT2D eigenvalue weighted by Gasteiger charge is -1.95. The molecule has 0 aliphatic heterocycles. The van der Waals surface area contributed by atoms with E-state index in [1.165, 1.54) is 30.0 Å². The number of hydrogen-bond acceptors (Lipinski definition) is 5. The molecule has 0 fully saturated rings. The Kier molecular flexibility index (Phi) is 3.72. The molecule has 13 heavy (non-hydrogen) atoms. The van der Waals surface area contributed by atoms with Crippen molar-refractivity contribution in [3.8, 4) is 0 Å². The number of thiophene rings is 1. The topological polar surface area (TPSA) is 38.7 Å². The minimum Gasteiger partial charge on any atom is -0.465 e. The molecule has 0 bridgehead atoms. The van der Waals surface area contributed by atoms with Crippen molar-refractivity contribution in [2.45, 2.75) is 0 Å². The van der Waals surface area contributed by atoms with Gasteiger partial charge in [-0.2, -0.15) is 0 Å². The summed E-state index contributed by atoms with van der Waals surface area (Å²) < 4.78 is 4.57. The maximum absolute atomic E-state index is 11.1. The monoisotopic (exact) mass is 213 g/mol. The van der Waals surface area contributed by atoms with Crippen LogP contribution in [0.25, 0.3) is 0 Å². The molecule has 1 aromatic rings. The fourth-order valence-electron chi connectivity index (χ4n) is 0.764. The highest BCUT2D eigenvalue weighted by molar-refractivity contribution is 7.80. The zero-order valence-electron chi connectivity index (χ0n) is 6.89. The van der Waals surface area contributed by atoms with Gasteiger partial charge in [0.2, 0.25) is 0 Å². The molecule has 0 amide bonds. The molecule has 0 aliphatic carbocycles. The van der Waals surface area contributed by atoms with E-state index in [-0.39, 0.29) is 5.97 Å². The Balaban J connectivity index is 2.95. The zero-order chi connectivity index (χ0) is 9.68. The van der Waals surface area contributed by atoms with E-state index in [0.29, 0.717) is 11.3 Å². The lowest BCUT2D eigenvalue weighted by molar-refractivity contribution is 0.0602. The predicted molar refractivity (Wildman–Crippen MR) is 57.5 cm³/mol. The molecule has 0 atom stereocenters. The Bertz CT molecular complexity index is 344. The second-order valence-corrected chi connectivity index (χ2v) is 3.09. The molecule has 0 saturated heterocycles. The summed E-state index contributed by atoms with van der Waals surface area (Å²) in [5.41, 5.74) is 1.07. The van der Waals surface area contributed by atoms with E-state index < -0.39 is 0 Å². The van der Waals surface area contributed by atoms with Crippen LogP contribution in [-0.2, 0) is 4.74 Å². The van der Waals surface area contributed by atoms with Gasteiger partial charge in [0.1, 0.15) is 0 Å². The fraction of sp³-hybridized carbons (Fsp3) is 0.125. The van der Waals surface area contributed by atoms with Crippen LogP contribution < -0.4 is 0 Å². The first-order valence-electron chi connectivity index (χ1n) is 3.42. The standard InChI is InChI=1S/C8H7NO2S2/c1-11-8(10)6-4-13-5-7(6)9-2-3-12/h2-5H,1H3. The Hall–Kier alpha value is -1.07. The Labute approximate surface area is 85.1 Å². The highest BCUT2D eigenvalue weighted by Crippen LogP contribution is 2.24. The average Bonchev–Trinajstić information content (AvgIpc) is 2.61. The quantitative estimate of drug-likeness (QED) is 0.439. The summed E-state index contributed by atoms with van der Waals surface area (Å²) in [4.78, 5) is 15.1. The van der Waals surface area contributed by atoms with Crippen molar-refractivity contribution in [2.75, 3.05) is 7.11 Å². The number of nitrogens with zero attached hydrogens (tertiary/aromatic N) is 1. The average molecular weight is 213 g/mol. The number of methoxy groups -OCH3 is 1. The van der Waals surface area contributed by atoms with Crippen molar-refractivity contribution in [1.29, 1.82) is 0 Å². The van der Waals surface area contributed by atoms with E-state index in [2.05, 4.69) is 21.9 Å². The van der Waals surface area contributed by atoms with Crippen LogP contribution in [0.2, 0.25) is 0 Å². The third-order valence-corrected chi connectivity index (χ3v) is 2.17. The van der Waals surface area contributed by atoms with Gasteiger partial charge >= 0.3 is 5.97 Å². The van der Waals surface area contributed by atoms with Crippen molar-refractivity contribution in [2.24, 2.45) is 4.99 Å². The van der Waals surface area contributed by atoms with Crippen LogP contribution in [0.5, 0.6) is 0 Å². The third kappa shape index (κ3) is 2.43. The summed E-state index contributed by atoms with van der Waals surface area (Å²) >= 11 is 5.97. The normalized spacial score (nSPS) is 10.2. The summed E-state index contributed by atoms with van der Waals surface area (Å²) in [5, 5.41) is 4.85. The minimum atomic E-state index is -0.377. The van der Waals surface area contributed by atoms with Crippen LogP contribution in [0.15, 0.2) is 15.8 Å². The lowest BCUT2D eigenvalue weighted by Crippen LogP contribution is -1.98. The first-order valence-corrected chi connectivity index (χ1v) is 4.83. The van der Waals surface area contributed by atoms with Crippen LogP contribution in [0, 0.1) is 0 Å². The van der Waals surface area contributed by atoms with Crippen LogP contribution >= 0.6 is 23.6 Å². The number of thiocarbonyl (C=S) groups is 1. The Morgan fingerprint density at radius 2 is 2.46 bits per heavy atom. The molecule has 0 unspecified atom stereocenters. The molecule has 0 spiro atoms. The molecule has 0 radical (unpaired) electrons. The van der Waals surface area contributed by atoms with Crippen LogP contribution in [0.1, 0.15) is 10.4 Å². The van der Waals surface area contributed by atoms with Gasteiger partial charge in [0.05, 0.1) is 18.4 Å². The summed E-state index contributed by atoms with van der Waals surface area (Å²) in [5.74, 6) is -0.377. The molecule has 68 valence electrons. The number of hydrogen-bond donors (Lipinski definition) is 0. The van der Waals surface area contributed by atoms with E-state index in [1.807, 2.05) is 0 Å². The number of carbonyl (C=O) groups excluding carboxylic acids is 1. The summed E-state index contributed by atoms with van der Waals surface area (Å²) in [6.07, 6.45) is 1.46. The van der Waals surface area contributed by atoms with Gasteiger partial charge in [0.25, 0.3) is 0 Å². The Morgan fingerprint density at radius 1 is 1.69 bits per heavy atom. The second-order valence-electron chi connectivity index (χ2n) is 2.08. The highest BCUT2D eigenvalue weighted by Gasteiger charge is 2.11. The largest absolute Gasteiger partial charge is 0.465 e. The second kappa shape index (κ2) is 4.84. The maximum atomic E-state index is 11.1. The fourth-order valence-corrected chi connectivity index (χ4v) is 1.56. The van der Waals surface area contributed by atoms with Crippen molar-refractivity contribution in [3.63, 3.8) is 0 Å². The van der Waals surface area contributed by atoms with E-state index >= 15 is 0 Å². The summed E-state index contributed by atoms with van der Waals surface area (Å²) in [6, 6.07) is 0. The zero-order valence-corrected chi connectivity index (χ0v) is 8.52. The molecule has 1 aromatic heterocycles. The number of carbonyl (C=O) groups is 1. The van der Waals surface area contributed by atoms with Gasteiger partial charge < -0.3 is 4.74 Å². The molecular weight excluding hydrogens is 206 g/mol. The first-order chi connectivity index (χ1) is 6.29. The molecule has 5 heteroatoms. The van der Waals surface area contributed by atoms with Gasteiger partial charge in [-0.1, -0.05) is 12.2 Å². The van der Waals surface area contributed by atoms with Gasteiger partial charge in [-0.3, -0.25) is 4.99 Å². The smallest absolute Gasteiger partial charge is 0.340 e. The number of esters is 1. The van der Waals surface area contributed by atoms with Gasteiger partial charge in [-0.15, -0.1) is 11.3 Å². The molecule has 0 aliphatic rings. The lowest BCUT2D eigenvalue weighted by atomic mass is 10.3. The van der Waals surface area contributed by atoms with Crippen LogP contribution in [0.4, 0.5) is 5.69 Å². The van der Waals surface area contributed by atoms with Crippen LogP contribution in [0.3, 0.4) is 0 Å². The molecule has 0 saturated carbocycles. The van der Waals surface area contributed by atoms with Crippen molar-refractivity contribution < 1.29 is 9.53 Å². The molecule has 1 rings (SSSR count).